The molecule has 0 amide bonds. The third-order valence-corrected chi connectivity index (χ3v) is 5.24. The zero-order valence-electron chi connectivity index (χ0n) is 17.1. The molecule has 2 aliphatic heterocycles. The molecule has 0 spiro atoms. The second-order valence-corrected chi connectivity index (χ2v) is 8.66. The first-order valence-electron chi connectivity index (χ1n) is 9.72. The van der Waals surface area contributed by atoms with Crippen molar-refractivity contribution in [3.05, 3.63) is 40.6 Å². The molecule has 31 heavy (non-hydrogen) atoms. The first-order chi connectivity index (χ1) is 14.6. The Balaban J connectivity index is 1.46. The van der Waals surface area contributed by atoms with Gasteiger partial charge in [0, 0.05) is 19.1 Å². The predicted molar refractivity (Wildman–Crippen MR) is 107 cm³/mol. The van der Waals surface area contributed by atoms with Gasteiger partial charge in [0.2, 0.25) is 11.8 Å². The van der Waals surface area contributed by atoms with Crippen LogP contribution in [-0.4, -0.2) is 58.6 Å². The van der Waals surface area contributed by atoms with Gasteiger partial charge in [-0.25, -0.2) is 4.98 Å². The molecule has 11 heteroatoms. The fourth-order valence-electron chi connectivity index (χ4n) is 3.47. The number of fused-ring (bicyclic) bond motifs is 1. The zero-order chi connectivity index (χ0) is 22.2. The predicted octanol–water partition coefficient (Wildman–Crippen LogP) is 3.49. The Morgan fingerprint density at radius 3 is 2.61 bits per heavy atom. The van der Waals surface area contributed by atoms with Crippen LogP contribution in [0, 0.1) is 0 Å². The Morgan fingerprint density at radius 2 is 1.90 bits per heavy atom. The lowest BCUT2D eigenvalue weighted by Gasteiger charge is -2.36. The van der Waals surface area contributed by atoms with Gasteiger partial charge < -0.3 is 23.7 Å². The van der Waals surface area contributed by atoms with Gasteiger partial charge in [-0.2, -0.15) is 8.78 Å². The summed E-state index contributed by atoms with van der Waals surface area (Å²) in [5.74, 6) is -3.52. The average molecular weight is 502 g/mol. The first-order valence-corrected chi connectivity index (χ1v) is 10.5. The Labute approximate surface area is 186 Å². The van der Waals surface area contributed by atoms with Crippen LogP contribution in [0.5, 0.6) is 11.8 Å². The smallest absolute Gasteiger partial charge is 0.287 e. The number of rotatable bonds is 6. The van der Waals surface area contributed by atoms with Gasteiger partial charge in [0.25, 0.3) is 5.92 Å². The van der Waals surface area contributed by atoms with E-state index < -0.39 is 36.1 Å². The van der Waals surface area contributed by atoms with Crippen molar-refractivity contribution in [3.63, 3.8) is 0 Å². The lowest BCUT2D eigenvalue weighted by molar-refractivity contribution is -0.156. The van der Waals surface area contributed by atoms with E-state index in [2.05, 4.69) is 31.1 Å². The second kappa shape index (κ2) is 8.53. The van der Waals surface area contributed by atoms with Gasteiger partial charge in [-0.1, -0.05) is 6.07 Å². The molecule has 4 rings (SSSR count). The Bertz CT molecular complexity index is 912. The molecular formula is C20H22BrF2N3O5. The number of halogens is 3. The highest BCUT2D eigenvalue weighted by Crippen LogP contribution is 2.37. The number of alkyl halides is 2. The highest BCUT2D eigenvalue weighted by Gasteiger charge is 2.53. The van der Waals surface area contributed by atoms with Crippen molar-refractivity contribution in [3.8, 4) is 11.8 Å². The van der Waals surface area contributed by atoms with Crippen molar-refractivity contribution >= 4 is 15.9 Å². The van der Waals surface area contributed by atoms with Crippen LogP contribution in [0.3, 0.4) is 0 Å². The third kappa shape index (κ3) is 5.28. The van der Waals surface area contributed by atoms with Crippen LogP contribution in [0.15, 0.2) is 34.9 Å². The van der Waals surface area contributed by atoms with E-state index in [0.29, 0.717) is 10.5 Å². The molecule has 2 fully saturated rings. The highest BCUT2D eigenvalue weighted by atomic mass is 79.9. The maximum absolute atomic E-state index is 13.6. The Kier molecular flexibility index (Phi) is 6.12. The highest BCUT2D eigenvalue weighted by molar-refractivity contribution is 9.10. The molecule has 0 saturated carbocycles. The number of hydrogen-bond donors (Lipinski definition) is 0. The van der Waals surface area contributed by atoms with E-state index >= 15 is 0 Å². The molecule has 2 saturated heterocycles. The molecule has 4 heterocycles. The first kappa shape index (κ1) is 22.3. The molecule has 168 valence electrons. The monoisotopic (exact) mass is 501 g/mol. The van der Waals surface area contributed by atoms with Gasteiger partial charge in [0.05, 0.1) is 6.61 Å². The SMILES string of the molecule is CC1(C)O[C@@H]2[C@H](O1)[C@@H](Oc1cccc(C(C)(F)F)n1)CO[C@@H]2COc1ccc(Br)nn1. The molecule has 0 bridgehead atoms. The number of hydrogen-bond acceptors (Lipinski definition) is 8. The van der Waals surface area contributed by atoms with E-state index in [1.54, 1.807) is 26.0 Å². The van der Waals surface area contributed by atoms with Crippen molar-refractivity contribution in [2.45, 2.75) is 56.9 Å². The average Bonchev–Trinajstić information content (AvgIpc) is 3.04. The van der Waals surface area contributed by atoms with Crippen molar-refractivity contribution in [2.75, 3.05) is 13.2 Å². The molecule has 2 aromatic heterocycles. The number of pyridine rings is 1. The summed E-state index contributed by atoms with van der Waals surface area (Å²) in [5, 5.41) is 7.81. The van der Waals surface area contributed by atoms with Gasteiger partial charge in [-0.3, -0.25) is 0 Å². The molecule has 2 aromatic rings. The molecule has 4 atom stereocenters. The van der Waals surface area contributed by atoms with Crippen molar-refractivity contribution < 1.29 is 32.5 Å². The zero-order valence-corrected chi connectivity index (χ0v) is 18.7. The van der Waals surface area contributed by atoms with E-state index in [1.165, 1.54) is 18.2 Å². The summed E-state index contributed by atoms with van der Waals surface area (Å²) in [6, 6.07) is 7.65. The molecule has 0 radical (unpaired) electrons. The van der Waals surface area contributed by atoms with E-state index in [4.69, 9.17) is 23.7 Å². The van der Waals surface area contributed by atoms with E-state index in [1.807, 2.05) is 0 Å². The van der Waals surface area contributed by atoms with Gasteiger partial charge in [0.15, 0.2) is 11.9 Å². The van der Waals surface area contributed by atoms with Crippen LogP contribution >= 0.6 is 15.9 Å². The topological polar surface area (TPSA) is 84.8 Å². The van der Waals surface area contributed by atoms with Crippen LogP contribution in [0.2, 0.25) is 0 Å². The van der Waals surface area contributed by atoms with Gasteiger partial charge >= 0.3 is 0 Å². The summed E-state index contributed by atoms with van der Waals surface area (Å²) in [6.45, 7) is 4.68. The van der Waals surface area contributed by atoms with E-state index in [0.717, 1.165) is 6.92 Å². The Morgan fingerprint density at radius 1 is 1.13 bits per heavy atom. The standard InChI is InChI=1S/C20H22BrF2N3O5/c1-19(2)30-17-11(9-28-16-8-7-14(21)25-26-16)27-10-12(18(17)31-19)29-15-6-4-5-13(24-15)20(3,22)23/h4-8,11-12,17-18H,9-10H2,1-3H3/t11-,12+,17+,18-/m1/s1. The summed E-state index contributed by atoms with van der Waals surface area (Å²) in [5.41, 5.74) is -0.371. The van der Waals surface area contributed by atoms with Crippen LogP contribution in [0.4, 0.5) is 8.78 Å². The van der Waals surface area contributed by atoms with Crippen molar-refractivity contribution in [1.82, 2.24) is 15.2 Å². The fourth-order valence-corrected chi connectivity index (χ4v) is 3.68. The molecule has 8 nitrogen and oxygen atoms in total. The number of ether oxygens (including phenoxy) is 5. The third-order valence-electron chi connectivity index (χ3n) is 4.82. The Hall–Kier alpha value is -1.95. The van der Waals surface area contributed by atoms with Crippen molar-refractivity contribution in [2.24, 2.45) is 0 Å². The molecule has 0 N–H and O–H groups in total. The maximum Gasteiger partial charge on any atom is 0.287 e. The van der Waals surface area contributed by atoms with Gasteiger partial charge in [0.1, 0.15) is 35.2 Å². The summed E-state index contributed by atoms with van der Waals surface area (Å²) < 4.78 is 57.4. The van der Waals surface area contributed by atoms with Crippen LogP contribution in [0.1, 0.15) is 26.5 Å². The second-order valence-electron chi connectivity index (χ2n) is 7.85. The minimum absolute atomic E-state index is 0.0690. The van der Waals surface area contributed by atoms with Crippen molar-refractivity contribution in [1.29, 1.82) is 0 Å². The van der Waals surface area contributed by atoms with Crippen LogP contribution in [-0.2, 0) is 20.1 Å². The lowest BCUT2D eigenvalue weighted by Crippen LogP contribution is -2.55. The summed E-state index contributed by atoms with van der Waals surface area (Å²) in [7, 11) is 0. The molecule has 0 aromatic carbocycles. The summed E-state index contributed by atoms with van der Waals surface area (Å²) in [6.07, 6.45) is -2.03. The molecular weight excluding hydrogens is 480 g/mol. The quantitative estimate of drug-likeness (QED) is 0.594. The molecule has 2 aliphatic rings. The normalized spacial score (nSPS) is 27.5. The maximum atomic E-state index is 13.6. The van der Waals surface area contributed by atoms with Crippen LogP contribution in [0.25, 0.3) is 0 Å². The van der Waals surface area contributed by atoms with E-state index in [-0.39, 0.29) is 24.8 Å². The lowest BCUT2D eigenvalue weighted by atomic mass is 10.0. The number of nitrogens with zero attached hydrogens (tertiary/aromatic N) is 3. The summed E-state index contributed by atoms with van der Waals surface area (Å²) in [4.78, 5) is 3.92. The largest absolute Gasteiger partial charge is 0.474 e. The van der Waals surface area contributed by atoms with Crippen LogP contribution < -0.4 is 9.47 Å². The van der Waals surface area contributed by atoms with Gasteiger partial charge in [-0.05, 0) is 41.9 Å². The minimum Gasteiger partial charge on any atom is -0.474 e. The van der Waals surface area contributed by atoms with Gasteiger partial charge in [-0.15, -0.1) is 10.2 Å². The summed E-state index contributed by atoms with van der Waals surface area (Å²) >= 11 is 3.22. The number of aromatic nitrogens is 3. The fraction of sp³-hybridized carbons (Fsp3) is 0.550. The van der Waals surface area contributed by atoms with E-state index in [9.17, 15) is 8.78 Å². The minimum atomic E-state index is -3.07. The molecule has 0 aliphatic carbocycles. The molecule has 0 unspecified atom stereocenters.